The summed E-state index contributed by atoms with van der Waals surface area (Å²) in [5.41, 5.74) is 3.09. The van der Waals surface area contributed by atoms with Crippen LogP contribution in [0.4, 0.5) is 5.95 Å². The highest BCUT2D eigenvalue weighted by Gasteiger charge is 2.37. The monoisotopic (exact) mass is 567 g/mol. The fourth-order valence-electron chi connectivity index (χ4n) is 4.94. The summed E-state index contributed by atoms with van der Waals surface area (Å²) in [5.74, 6) is 1.24. The van der Waals surface area contributed by atoms with E-state index in [4.69, 9.17) is 14.2 Å². The summed E-state index contributed by atoms with van der Waals surface area (Å²) in [5, 5.41) is 15.2. The van der Waals surface area contributed by atoms with E-state index >= 15 is 0 Å². The summed E-state index contributed by atoms with van der Waals surface area (Å²) >= 11 is 3.66. The van der Waals surface area contributed by atoms with Crippen LogP contribution in [0, 0.1) is 0 Å². The zero-order chi connectivity index (χ0) is 25.8. The Morgan fingerprint density at radius 1 is 1.16 bits per heavy atom. The Labute approximate surface area is 224 Å². The molecule has 10 heteroatoms. The first-order chi connectivity index (χ1) is 18.0. The lowest BCUT2D eigenvalue weighted by molar-refractivity contribution is -0.146. The number of tetrazole rings is 1. The number of nitrogens with one attached hydrogen (secondary N) is 1. The van der Waals surface area contributed by atoms with Gasteiger partial charge in [-0.1, -0.05) is 41.9 Å². The van der Waals surface area contributed by atoms with Gasteiger partial charge in [-0.3, -0.25) is 0 Å². The number of methoxy groups -OCH3 is 1. The molecule has 5 rings (SSSR count). The standard InChI is InChI=1S/C27H30BrN5O4/c1-17-23(26(34)37-20-11-7-4-8-12-20)24(33-27(29-17)30-31-32-33)19-15-21(28)25(22(16-19)35-2)36-14-13-18-9-5-3-6-10-18/h3,5-6,9-10,15-16,20,24H,4,7-8,11-14H2,1-2H3,(H,29,30,32). The topological polar surface area (TPSA) is 100 Å². The minimum atomic E-state index is -0.592. The summed E-state index contributed by atoms with van der Waals surface area (Å²) in [6, 6.07) is 13.4. The van der Waals surface area contributed by atoms with Crippen LogP contribution in [-0.2, 0) is 16.0 Å². The molecule has 0 spiro atoms. The molecular formula is C27H30BrN5O4. The van der Waals surface area contributed by atoms with Crippen LogP contribution >= 0.6 is 15.9 Å². The van der Waals surface area contributed by atoms with E-state index in [2.05, 4.69) is 48.9 Å². The first-order valence-corrected chi connectivity index (χ1v) is 13.3. The van der Waals surface area contributed by atoms with E-state index < -0.39 is 6.04 Å². The molecular weight excluding hydrogens is 538 g/mol. The largest absolute Gasteiger partial charge is 0.493 e. The first kappa shape index (κ1) is 25.3. The Hall–Kier alpha value is -3.40. The molecule has 1 atom stereocenters. The van der Waals surface area contributed by atoms with E-state index in [1.807, 2.05) is 37.3 Å². The van der Waals surface area contributed by atoms with Crippen LogP contribution < -0.4 is 14.8 Å². The molecule has 37 heavy (non-hydrogen) atoms. The number of fused-ring (bicyclic) bond motifs is 1. The number of allylic oxidation sites excluding steroid dienone is 1. The summed E-state index contributed by atoms with van der Waals surface area (Å²) in [6.07, 6.45) is 5.80. The maximum atomic E-state index is 13.5. The first-order valence-electron chi connectivity index (χ1n) is 12.6. The zero-order valence-electron chi connectivity index (χ0n) is 20.9. The fourth-order valence-corrected chi connectivity index (χ4v) is 5.51. The SMILES string of the molecule is COc1cc(C2C(C(=O)OC3CCCCC3)=C(C)Nc3nnnn32)cc(Br)c1OCCc1ccccc1. The molecule has 1 aromatic heterocycles. The van der Waals surface area contributed by atoms with Gasteiger partial charge < -0.3 is 19.5 Å². The van der Waals surface area contributed by atoms with Crippen molar-refractivity contribution in [1.82, 2.24) is 20.2 Å². The van der Waals surface area contributed by atoms with Crippen LogP contribution in [0.2, 0.25) is 0 Å². The number of halogens is 1. The molecule has 1 aliphatic carbocycles. The van der Waals surface area contributed by atoms with E-state index in [9.17, 15) is 4.79 Å². The predicted molar refractivity (Wildman–Crippen MR) is 142 cm³/mol. The van der Waals surface area contributed by atoms with Crippen LogP contribution in [0.25, 0.3) is 0 Å². The molecule has 2 aromatic carbocycles. The Morgan fingerprint density at radius 2 is 1.95 bits per heavy atom. The minimum absolute atomic E-state index is 0.0702. The summed E-state index contributed by atoms with van der Waals surface area (Å²) < 4.78 is 20.1. The van der Waals surface area contributed by atoms with E-state index in [0.717, 1.165) is 37.7 Å². The molecule has 0 bridgehead atoms. The highest BCUT2D eigenvalue weighted by atomic mass is 79.9. The number of ether oxygens (including phenoxy) is 3. The average Bonchev–Trinajstić information content (AvgIpc) is 3.37. The second-order valence-electron chi connectivity index (χ2n) is 9.30. The van der Waals surface area contributed by atoms with Crippen LogP contribution in [0.5, 0.6) is 11.5 Å². The molecule has 2 heterocycles. The number of benzene rings is 2. The van der Waals surface area contributed by atoms with Crippen molar-refractivity contribution in [2.75, 3.05) is 19.0 Å². The van der Waals surface area contributed by atoms with Crippen LogP contribution in [0.1, 0.15) is 56.2 Å². The van der Waals surface area contributed by atoms with Crippen molar-refractivity contribution in [2.24, 2.45) is 0 Å². The number of esters is 1. The predicted octanol–water partition coefficient (Wildman–Crippen LogP) is 5.23. The molecule has 194 valence electrons. The van der Waals surface area contributed by atoms with E-state index in [1.165, 1.54) is 12.0 Å². The van der Waals surface area contributed by atoms with Gasteiger partial charge >= 0.3 is 5.97 Å². The lowest BCUT2D eigenvalue weighted by Crippen LogP contribution is -2.32. The van der Waals surface area contributed by atoms with Crippen molar-refractivity contribution in [1.29, 1.82) is 0 Å². The second-order valence-corrected chi connectivity index (χ2v) is 10.2. The number of carbonyl (C=O) groups is 1. The number of rotatable bonds is 8. The van der Waals surface area contributed by atoms with E-state index in [0.29, 0.717) is 39.8 Å². The maximum absolute atomic E-state index is 13.5. The second kappa shape index (κ2) is 11.3. The number of aromatic nitrogens is 4. The van der Waals surface area contributed by atoms with Crippen molar-refractivity contribution < 1.29 is 19.0 Å². The van der Waals surface area contributed by atoms with Gasteiger partial charge in [0.25, 0.3) is 0 Å². The van der Waals surface area contributed by atoms with E-state index in [1.54, 1.807) is 11.8 Å². The quantitative estimate of drug-likeness (QED) is 0.369. The molecule has 9 nitrogen and oxygen atoms in total. The third-order valence-electron chi connectivity index (χ3n) is 6.81. The van der Waals surface area contributed by atoms with Crippen LogP contribution in [0.15, 0.2) is 58.2 Å². The Morgan fingerprint density at radius 3 is 2.70 bits per heavy atom. The normalized spacial score (nSPS) is 17.6. The van der Waals surface area contributed by atoms with Crippen LogP contribution in [0.3, 0.4) is 0 Å². The van der Waals surface area contributed by atoms with E-state index in [-0.39, 0.29) is 12.1 Å². The summed E-state index contributed by atoms with van der Waals surface area (Å²) in [7, 11) is 1.60. The molecule has 0 saturated heterocycles. The third kappa shape index (κ3) is 5.49. The van der Waals surface area contributed by atoms with Crippen molar-refractivity contribution in [3.8, 4) is 11.5 Å². The highest BCUT2D eigenvalue weighted by Crippen LogP contribution is 2.43. The van der Waals surface area contributed by atoms with Gasteiger partial charge in [-0.15, -0.1) is 0 Å². The molecule has 3 aromatic rings. The number of anilines is 1. The Kier molecular flexibility index (Phi) is 7.73. The van der Waals surface area contributed by atoms with Gasteiger partial charge in [-0.25, -0.2) is 4.79 Å². The summed E-state index contributed by atoms with van der Waals surface area (Å²) in [4.78, 5) is 13.5. The van der Waals surface area contributed by atoms with Gasteiger partial charge in [0.1, 0.15) is 12.1 Å². The Bertz CT molecular complexity index is 1290. The molecule has 0 radical (unpaired) electrons. The number of carbonyl (C=O) groups excluding carboxylic acids is 1. The molecule has 1 saturated carbocycles. The van der Waals surface area contributed by atoms with Crippen LogP contribution in [-0.4, -0.2) is 46.0 Å². The zero-order valence-corrected chi connectivity index (χ0v) is 22.5. The number of hydrogen-bond donors (Lipinski definition) is 1. The van der Waals surface area contributed by atoms with Crippen molar-refractivity contribution in [3.05, 3.63) is 69.3 Å². The Balaban J connectivity index is 1.44. The molecule has 1 unspecified atom stereocenters. The average molecular weight is 568 g/mol. The van der Waals surface area contributed by atoms with Gasteiger partial charge in [0.2, 0.25) is 5.95 Å². The fraction of sp³-hybridized carbons (Fsp3) is 0.407. The maximum Gasteiger partial charge on any atom is 0.338 e. The third-order valence-corrected chi connectivity index (χ3v) is 7.40. The van der Waals surface area contributed by atoms with Gasteiger partial charge in [0.05, 0.1) is 23.8 Å². The van der Waals surface area contributed by atoms with Crippen molar-refractivity contribution in [2.45, 2.75) is 57.6 Å². The molecule has 1 fully saturated rings. The van der Waals surface area contributed by atoms with Crippen molar-refractivity contribution >= 4 is 27.8 Å². The smallest absolute Gasteiger partial charge is 0.338 e. The molecule has 2 aliphatic rings. The van der Waals surface area contributed by atoms with Gasteiger partial charge in [0, 0.05) is 12.1 Å². The molecule has 1 N–H and O–H groups in total. The minimum Gasteiger partial charge on any atom is -0.493 e. The summed E-state index contributed by atoms with van der Waals surface area (Å²) in [6.45, 7) is 2.33. The van der Waals surface area contributed by atoms with Gasteiger partial charge in [-0.05, 0) is 82.2 Å². The highest BCUT2D eigenvalue weighted by molar-refractivity contribution is 9.10. The van der Waals surface area contributed by atoms with Gasteiger partial charge in [-0.2, -0.15) is 4.68 Å². The number of nitrogens with zero attached hydrogens (tertiary/aromatic N) is 4. The van der Waals surface area contributed by atoms with Crippen molar-refractivity contribution in [3.63, 3.8) is 0 Å². The molecule has 1 aliphatic heterocycles. The molecule has 0 amide bonds. The lowest BCUT2D eigenvalue weighted by Gasteiger charge is -2.30. The number of hydrogen-bond acceptors (Lipinski definition) is 8. The lowest BCUT2D eigenvalue weighted by atomic mass is 9.94. The van der Waals surface area contributed by atoms with Gasteiger partial charge in [0.15, 0.2) is 11.5 Å².